The third kappa shape index (κ3) is 4.03. The molecule has 1 aliphatic rings. The standard InChI is InChI=1S/C19H16ClNO5/c20-14-6-2-1-5-13(14)16(22)12-26-19(24)11-21-15-7-3-4-8-17(15)25-10-9-18(21)23/h1-8H,9-12H2. The maximum absolute atomic E-state index is 12.3. The number of hydrogen-bond acceptors (Lipinski definition) is 5. The van der Waals surface area contributed by atoms with Gasteiger partial charge in [-0.1, -0.05) is 35.9 Å². The molecule has 26 heavy (non-hydrogen) atoms. The summed E-state index contributed by atoms with van der Waals surface area (Å²) >= 11 is 5.96. The Labute approximate surface area is 155 Å². The first-order valence-electron chi connectivity index (χ1n) is 8.02. The lowest BCUT2D eigenvalue weighted by Gasteiger charge is -2.20. The molecule has 1 aliphatic heterocycles. The van der Waals surface area contributed by atoms with Crippen LogP contribution in [0, 0.1) is 0 Å². The number of esters is 1. The Bertz CT molecular complexity index is 851. The van der Waals surface area contributed by atoms with E-state index in [9.17, 15) is 14.4 Å². The van der Waals surface area contributed by atoms with Crippen LogP contribution in [0.2, 0.25) is 5.02 Å². The Morgan fingerprint density at radius 3 is 2.65 bits per heavy atom. The van der Waals surface area contributed by atoms with Gasteiger partial charge in [0.2, 0.25) is 11.7 Å². The van der Waals surface area contributed by atoms with E-state index in [0.717, 1.165) is 0 Å². The number of carbonyl (C=O) groups is 3. The molecule has 0 radical (unpaired) electrons. The zero-order valence-electron chi connectivity index (χ0n) is 13.8. The lowest BCUT2D eigenvalue weighted by molar-refractivity contribution is -0.141. The number of para-hydroxylation sites is 2. The SMILES string of the molecule is O=C(CN1C(=O)CCOc2ccccc21)OCC(=O)c1ccccc1Cl. The Kier molecular flexibility index (Phi) is 5.53. The Hall–Kier alpha value is -2.86. The topological polar surface area (TPSA) is 72.9 Å². The molecule has 0 aromatic heterocycles. The van der Waals surface area contributed by atoms with E-state index in [1.165, 1.54) is 4.90 Å². The monoisotopic (exact) mass is 373 g/mol. The molecule has 1 amide bonds. The van der Waals surface area contributed by atoms with Crippen molar-refractivity contribution in [2.24, 2.45) is 0 Å². The fraction of sp³-hybridized carbons (Fsp3) is 0.211. The van der Waals surface area contributed by atoms with E-state index in [1.807, 2.05) is 0 Å². The van der Waals surface area contributed by atoms with Gasteiger partial charge in [-0.3, -0.25) is 19.3 Å². The summed E-state index contributed by atoms with van der Waals surface area (Å²) in [6.45, 7) is -0.496. The van der Waals surface area contributed by atoms with Crippen LogP contribution in [-0.2, 0) is 14.3 Å². The minimum absolute atomic E-state index is 0.153. The molecule has 0 aliphatic carbocycles. The van der Waals surface area contributed by atoms with Crippen LogP contribution in [0.25, 0.3) is 0 Å². The predicted molar refractivity (Wildman–Crippen MR) is 95.6 cm³/mol. The fourth-order valence-electron chi connectivity index (χ4n) is 2.58. The lowest BCUT2D eigenvalue weighted by atomic mass is 10.1. The van der Waals surface area contributed by atoms with Gasteiger partial charge in [0, 0.05) is 5.56 Å². The van der Waals surface area contributed by atoms with Crippen LogP contribution in [-0.4, -0.2) is 37.4 Å². The maximum Gasteiger partial charge on any atom is 0.326 e. The summed E-state index contributed by atoms with van der Waals surface area (Å²) in [5, 5.41) is 0.294. The average molecular weight is 374 g/mol. The van der Waals surface area contributed by atoms with Crippen LogP contribution in [0.1, 0.15) is 16.8 Å². The van der Waals surface area contributed by atoms with Gasteiger partial charge in [-0.15, -0.1) is 0 Å². The van der Waals surface area contributed by atoms with Gasteiger partial charge in [0.15, 0.2) is 6.61 Å². The molecule has 0 bridgehead atoms. The van der Waals surface area contributed by atoms with Gasteiger partial charge < -0.3 is 9.47 Å². The largest absolute Gasteiger partial charge is 0.491 e. The van der Waals surface area contributed by atoms with E-state index in [4.69, 9.17) is 21.1 Å². The van der Waals surface area contributed by atoms with Crippen LogP contribution in [0.3, 0.4) is 0 Å². The van der Waals surface area contributed by atoms with Gasteiger partial charge in [0.1, 0.15) is 12.3 Å². The van der Waals surface area contributed by atoms with Crippen LogP contribution in [0.4, 0.5) is 5.69 Å². The number of halogens is 1. The van der Waals surface area contributed by atoms with Crippen molar-refractivity contribution in [3.05, 3.63) is 59.1 Å². The van der Waals surface area contributed by atoms with E-state index >= 15 is 0 Å². The molecule has 1 heterocycles. The highest BCUT2D eigenvalue weighted by Crippen LogP contribution is 2.30. The quantitative estimate of drug-likeness (QED) is 0.595. The molecule has 0 fully saturated rings. The summed E-state index contributed by atoms with van der Waals surface area (Å²) in [5.41, 5.74) is 0.788. The van der Waals surface area contributed by atoms with Gasteiger partial charge >= 0.3 is 5.97 Å². The zero-order chi connectivity index (χ0) is 18.5. The first kappa shape index (κ1) is 17.9. The number of benzene rings is 2. The first-order chi connectivity index (χ1) is 12.6. The van der Waals surface area contributed by atoms with Crippen LogP contribution >= 0.6 is 11.6 Å². The van der Waals surface area contributed by atoms with E-state index in [0.29, 0.717) is 16.5 Å². The van der Waals surface area contributed by atoms with Crippen LogP contribution in [0.15, 0.2) is 48.5 Å². The molecule has 0 spiro atoms. The molecule has 7 heteroatoms. The smallest absolute Gasteiger partial charge is 0.326 e. The summed E-state index contributed by atoms with van der Waals surface area (Å²) in [6, 6.07) is 13.5. The van der Waals surface area contributed by atoms with E-state index in [1.54, 1.807) is 48.5 Å². The summed E-state index contributed by atoms with van der Waals surface area (Å²) in [5.74, 6) is -0.812. The van der Waals surface area contributed by atoms with Gasteiger partial charge in [-0.2, -0.15) is 0 Å². The highest BCUT2D eigenvalue weighted by Gasteiger charge is 2.26. The number of amides is 1. The van der Waals surface area contributed by atoms with Crippen molar-refractivity contribution >= 4 is 34.9 Å². The predicted octanol–water partition coefficient (Wildman–Crippen LogP) is 2.88. The molecule has 2 aromatic carbocycles. The maximum atomic E-state index is 12.3. The van der Waals surface area contributed by atoms with Crippen molar-refractivity contribution in [2.45, 2.75) is 6.42 Å². The van der Waals surface area contributed by atoms with Crippen LogP contribution in [0.5, 0.6) is 5.75 Å². The highest BCUT2D eigenvalue weighted by atomic mass is 35.5. The molecule has 0 saturated carbocycles. The Morgan fingerprint density at radius 2 is 1.85 bits per heavy atom. The van der Waals surface area contributed by atoms with Crippen molar-refractivity contribution < 1.29 is 23.9 Å². The number of fused-ring (bicyclic) bond motifs is 1. The summed E-state index contributed by atoms with van der Waals surface area (Å²) < 4.78 is 10.6. The Morgan fingerprint density at radius 1 is 1.12 bits per heavy atom. The van der Waals surface area contributed by atoms with Gasteiger partial charge in [0.05, 0.1) is 23.7 Å². The number of ether oxygens (including phenoxy) is 2. The van der Waals surface area contributed by atoms with Crippen molar-refractivity contribution in [1.82, 2.24) is 0 Å². The summed E-state index contributed by atoms with van der Waals surface area (Å²) in [7, 11) is 0. The van der Waals surface area contributed by atoms with Gasteiger partial charge in [0.25, 0.3) is 0 Å². The number of anilines is 1. The second-order valence-corrected chi connectivity index (χ2v) is 6.02. The van der Waals surface area contributed by atoms with Gasteiger partial charge in [-0.25, -0.2) is 0 Å². The van der Waals surface area contributed by atoms with Crippen LogP contribution < -0.4 is 9.64 Å². The number of rotatable bonds is 5. The molecule has 3 rings (SSSR count). The van der Waals surface area contributed by atoms with E-state index in [-0.39, 0.29) is 31.0 Å². The second-order valence-electron chi connectivity index (χ2n) is 5.61. The molecule has 0 atom stereocenters. The molecule has 6 nitrogen and oxygen atoms in total. The van der Waals surface area contributed by atoms with Crippen molar-refractivity contribution in [3.8, 4) is 5.75 Å². The summed E-state index contributed by atoms with van der Waals surface area (Å²) in [4.78, 5) is 37.9. The van der Waals surface area contributed by atoms with Crippen molar-refractivity contribution in [3.63, 3.8) is 0 Å². The third-order valence-electron chi connectivity index (χ3n) is 3.86. The van der Waals surface area contributed by atoms with Gasteiger partial charge in [-0.05, 0) is 24.3 Å². The first-order valence-corrected chi connectivity index (χ1v) is 8.39. The minimum Gasteiger partial charge on any atom is -0.491 e. The minimum atomic E-state index is -0.685. The van der Waals surface area contributed by atoms with Crippen molar-refractivity contribution in [1.29, 1.82) is 0 Å². The molecular weight excluding hydrogens is 358 g/mol. The second kappa shape index (κ2) is 8.01. The number of nitrogens with zero attached hydrogens (tertiary/aromatic N) is 1. The normalized spacial score (nSPS) is 13.4. The number of hydrogen-bond donors (Lipinski definition) is 0. The molecular formula is C19H16ClNO5. The van der Waals surface area contributed by atoms with E-state index < -0.39 is 18.4 Å². The molecule has 0 saturated heterocycles. The van der Waals surface area contributed by atoms with E-state index in [2.05, 4.69) is 0 Å². The van der Waals surface area contributed by atoms with Crippen molar-refractivity contribution in [2.75, 3.05) is 24.7 Å². The molecule has 2 aromatic rings. The fourth-order valence-corrected chi connectivity index (χ4v) is 2.82. The Balaban J connectivity index is 1.65. The lowest BCUT2D eigenvalue weighted by Crippen LogP contribution is -2.36. The molecule has 134 valence electrons. The third-order valence-corrected chi connectivity index (χ3v) is 4.19. The molecule has 0 N–H and O–H groups in total. The summed E-state index contributed by atoms with van der Waals surface area (Å²) in [6.07, 6.45) is 0.153. The molecule has 0 unspecified atom stereocenters. The number of carbonyl (C=O) groups excluding carboxylic acids is 3. The average Bonchev–Trinajstić information content (AvgIpc) is 2.79. The number of ketones is 1. The zero-order valence-corrected chi connectivity index (χ0v) is 14.6. The highest BCUT2D eigenvalue weighted by molar-refractivity contribution is 6.34. The number of Topliss-reactive ketones (excluding diaryl/α,β-unsaturated/α-hetero) is 1.